The second-order valence-electron chi connectivity index (χ2n) is 6.06. The molecule has 0 aliphatic carbocycles. The first-order chi connectivity index (χ1) is 12.7. The van der Waals surface area contributed by atoms with Crippen LogP contribution in [0.4, 0.5) is 15.8 Å². The Balaban J connectivity index is 2.33. The second kappa shape index (κ2) is 8.77. The van der Waals surface area contributed by atoms with Crippen molar-refractivity contribution in [1.82, 2.24) is 4.31 Å². The van der Waals surface area contributed by atoms with Gasteiger partial charge < -0.3 is 10.6 Å². The zero-order valence-electron chi connectivity index (χ0n) is 15.8. The van der Waals surface area contributed by atoms with Crippen molar-refractivity contribution in [1.29, 1.82) is 0 Å². The van der Waals surface area contributed by atoms with E-state index in [2.05, 4.69) is 10.6 Å². The summed E-state index contributed by atoms with van der Waals surface area (Å²) in [7, 11) is -3.59. The summed E-state index contributed by atoms with van der Waals surface area (Å²) in [4.78, 5) is 0.200. The standard InChI is InChI=1S/C19H24FN3O2S2/c1-5-23(6-2)27(24,25)15-11-13(3)14(4)18(12-15)22-19(26)21-17-10-8-7-9-16(17)20/h7-12H,5-6H2,1-4H3,(H2,21,22,26). The summed E-state index contributed by atoms with van der Waals surface area (Å²) in [5.41, 5.74) is 2.50. The number of nitrogens with one attached hydrogen (secondary N) is 2. The van der Waals surface area contributed by atoms with Crippen molar-refractivity contribution in [3.8, 4) is 0 Å². The Bertz CT molecular complexity index is 942. The Morgan fingerprint density at radius 2 is 1.67 bits per heavy atom. The lowest BCUT2D eigenvalue weighted by Crippen LogP contribution is -2.31. The molecule has 2 aromatic carbocycles. The molecule has 5 nitrogen and oxygen atoms in total. The number of aryl methyl sites for hydroxylation is 1. The highest BCUT2D eigenvalue weighted by Gasteiger charge is 2.23. The van der Waals surface area contributed by atoms with Gasteiger partial charge in [-0.25, -0.2) is 12.8 Å². The zero-order chi connectivity index (χ0) is 20.2. The number of rotatable bonds is 6. The summed E-state index contributed by atoms with van der Waals surface area (Å²) in [6, 6.07) is 9.40. The van der Waals surface area contributed by atoms with E-state index in [1.165, 1.54) is 10.4 Å². The molecule has 8 heteroatoms. The van der Waals surface area contributed by atoms with Crippen molar-refractivity contribution in [2.75, 3.05) is 23.7 Å². The molecular formula is C19H24FN3O2S2. The molecule has 0 unspecified atom stereocenters. The molecule has 2 rings (SSSR count). The predicted octanol–water partition coefficient (Wildman–Crippen LogP) is 4.28. The van der Waals surface area contributed by atoms with E-state index in [-0.39, 0.29) is 15.7 Å². The van der Waals surface area contributed by atoms with Crippen LogP contribution in [0.2, 0.25) is 0 Å². The van der Waals surface area contributed by atoms with Crippen molar-refractivity contribution < 1.29 is 12.8 Å². The molecule has 27 heavy (non-hydrogen) atoms. The number of halogens is 1. The first-order valence-corrected chi connectivity index (χ1v) is 10.5. The third kappa shape index (κ3) is 4.82. The molecule has 0 heterocycles. The Morgan fingerprint density at radius 3 is 2.26 bits per heavy atom. The fraction of sp³-hybridized carbons (Fsp3) is 0.316. The monoisotopic (exact) mass is 409 g/mol. The van der Waals surface area contributed by atoms with Crippen LogP contribution in [0.3, 0.4) is 0 Å². The maximum Gasteiger partial charge on any atom is 0.243 e. The molecule has 0 saturated heterocycles. The Labute approximate surface area is 165 Å². The molecule has 0 radical (unpaired) electrons. The van der Waals surface area contributed by atoms with Crippen LogP contribution in [0.25, 0.3) is 0 Å². The Kier molecular flexibility index (Phi) is 6.91. The fourth-order valence-electron chi connectivity index (χ4n) is 2.66. The van der Waals surface area contributed by atoms with Gasteiger partial charge in [-0.15, -0.1) is 0 Å². The zero-order valence-corrected chi connectivity index (χ0v) is 17.5. The summed E-state index contributed by atoms with van der Waals surface area (Å²) >= 11 is 5.27. The van der Waals surface area contributed by atoms with E-state index in [0.717, 1.165) is 11.1 Å². The largest absolute Gasteiger partial charge is 0.332 e. The van der Waals surface area contributed by atoms with Crippen LogP contribution < -0.4 is 10.6 Å². The number of hydrogen-bond donors (Lipinski definition) is 2. The van der Waals surface area contributed by atoms with Gasteiger partial charge >= 0.3 is 0 Å². The molecule has 0 bridgehead atoms. The van der Waals surface area contributed by atoms with Crippen molar-refractivity contribution in [2.24, 2.45) is 0 Å². The number of anilines is 2. The lowest BCUT2D eigenvalue weighted by atomic mass is 10.1. The highest BCUT2D eigenvalue weighted by molar-refractivity contribution is 7.89. The van der Waals surface area contributed by atoms with Crippen molar-refractivity contribution >= 4 is 38.7 Å². The number of benzene rings is 2. The molecule has 2 aromatic rings. The van der Waals surface area contributed by atoms with Crippen LogP contribution in [0.15, 0.2) is 41.3 Å². The van der Waals surface area contributed by atoms with Crippen LogP contribution in [0.1, 0.15) is 25.0 Å². The van der Waals surface area contributed by atoms with Crippen LogP contribution in [-0.4, -0.2) is 30.9 Å². The minimum Gasteiger partial charge on any atom is -0.332 e. The normalized spacial score (nSPS) is 11.5. The van der Waals surface area contributed by atoms with E-state index >= 15 is 0 Å². The first kappa shape index (κ1) is 21.3. The molecular weight excluding hydrogens is 385 g/mol. The summed E-state index contributed by atoms with van der Waals surface area (Å²) in [5, 5.41) is 5.96. The van der Waals surface area contributed by atoms with Gasteiger partial charge in [-0.2, -0.15) is 4.31 Å². The highest BCUT2D eigenvalue weighted by atomic mass is 32.2. The van der Waals surface area contributed by atoms with Gasteiger partial charge in [0.05, 0.1) is 10.6 Å². The molecule has 0 spiro atoms. The summed E-state index contributed by atoms with van der Waals surface area (Å²) in [6.07, 6.45) is 0. The van der Waals surface area contributed by atoms with Gasteiger partial charge in [-0.05, 0) is 61.5 Å². The quantitative estimate of drug-likeness (QED) is 0.697. The lowest BCUT2D eigenvalue weighted by Gasteiger charge is -2.21. The molecule has 0 aliphatic rings. The van der Waals surface area contributed by atoms with E-state index in [1.807, 2.05) is 13.8 Å². The molecule has 0 fully saturated rings. The minimum atomic E-state index is -3.59. The Hall–Kier alpha value is -2.03. The number of thiocarbonyl (C=S) groups is 1. The smallest absolute Gasteiger partial charge is 0.243 e. The third-order valence-electron chi connectivity index (χ3n) is 4.35. The summed E-state index contributed by atoms with van der Waals surface area (Å²) < 4.78 is 40.8. The van der Waals surface area contributed by atoms with Gasteiger partial charge in [0, 0.05) is 18.8 Å². The predicted molar refractivity (Wildman–Crippen MR) is 112 cm³/mol. The van der Waals surface area contributed by atoms with Gasteiger partial charge in [-0.1, -0.05) is 26.0 Å². The second-order valence-corrected chi connectivity index (χ2v) is 8.41. The average Bonchev–Trinajstić information content (AvgIpc) is 2.61. The topological polar surface area (TPSA) is 61.4 Å². The van der Waals surface area contributed by atoms with Gasteiger partial charge in [0.1, 0.15) is 5.82 Å². The minimum absolute atomic E-state index is 0.181. The summed E-state index contributed by atoms with van der Waals surface area (Å²) in [5.74, 6) is -0.424. The molecule has 0 aliphatic heterocycles. The van der Waals surface area contributed by atoms with E-state index in [0.29, 0.717) is 18.8 Å². The number of sulfonamides is 1. The van der Waals surface area contributed by atoms with Crippen molar-refractivity contribution in [2.45, 2.75) is 32.6 Å². The molecule has 146 valence electrons. The maximum absolute atomic E-state index is 13.8. The molecule has 0 atom stereocenters. The lowest BCUT2D eigenvalue weighted by molar-refractivity contribution is 0.445. The van der Waals surface area contributed by atoms with Gasteiger partial charge in [-0.3, -0.25) is 0 Å². The molecule has 0 aromatic heterocycles. The fourth-order valence-corrected chi connectivity index (χ4v) is 4.45. The number of hydrogen-bond acceptors (Lipinski definition) is 3. The first-order valence-electron chi connectivity index (χ1n) is 8.64. The van der Waals surface area contributed by atoms with E-state index in [4.69, 9.17) is 12.2 Å². The van der Waals surface area contributed by atoms with Crippen LogP contribution in [-0.2, 0) is 10.0 Å². The highest BCUT2D eigenvalue weighted by Crippen LogP contribution is 2.26. The van der Waals surface area contributed by atoms with Crippen LogP contribution in [0.5, 0.6) is 0 Å². The van der Waals surface area contributed by atoms with Gasteiger partial charge in [0.15, 0.2) is 5.11 Å². The Morgan fingerprint density at radius 1 is 1.07 bits per heavy atom. The molecule has 2 N–H and O–H groups in total. The van der Waals surface area contributed by atoms with Gasteiger partial charge in [0.25, 0.3) is 0 Å². The van der Waals surface area contributed by atoms with Crippen molar-refractivity contribution in [3.63, 3.8) is 0 Å². The summed E-state index contributed by atoms with van der Waals surface area (Å²) in [6.45, 7) is 8.10. The molecule has 0 saturated carbocycles. The average molecular weight is 410 g/mol. The van der Waals surface area contributed by atoms with Crippen LogP contribution >= 0.6 is 12.2 Å². The third-order valence-corrected chi connectivity index (χ3v) is 6.59. The number of nitrogens with zero attached hydrogens (tertiary/aromatic N) is 1. The number of para-hydroxylation sites is 1. The van der Waals surface area contributed by atoms with Crippen molar-refractivity contribution in [3.05, 3.63) is 53.3 Å². The molecule has 0 amide bonds. The van der Waals surface area contributed by atoms with Gasteiger partial charge in [0.2, 0.25) is 10.0 Å². The van der Waals surface area contributed by atoms with E-state index < -0.39 is 15.8 Å². The van der Waals surface area contributed by atoms with E-state index in [1.54, 1.807) is 44.2 Å². The van der Waals surface area contributed by atoms with E-state index in [9.17, 15) is 12.8 Å². The maximum atomic E-state index is 13.8. The SMILES string of the molecule is CCN(CC)S(=O)(=O)c1cc(C)c(C)c(NC(=S)Nc2ccccc2F)c1. The van der Waals surface area contributed by atoms with Crippen LogP contribution in [0, 0.1) is 19.7 Å².